The minimum absolute atomic E-state index is 0.120. The molecule has 11 heteroatoms. The van der Waals surface area contributed by atoms with Crippen LogP contribution in [0.25, 0.3) is 0 Å². The summed E-state index contributed by atoms with van der Waals surface area (Å²) in [5.41, 5.74) is -1.91. The van der Waals surface area contributed by atoms with E-state index in [2.05, 4.69) is 35.5 Å². The van der Waals surface area contributed by atoms with Crippen molar-refractivity contribution in [1.29, 1.82) is 0 Å². The van der Waals surface area contributed by atoms with Crippen LogP contribution in [0, 0.1) is 11.8 Å². The van der Waals surface area contributed by atoms with Crippen LogP contribution < -0.4 is 0 Å². The van der Waals surface area contributed by atoms with Crippen molar-refractivity contribution in [2.75, 3.05) is 53.1 Å². The topological polar surface area (TPSA) is 34.2 Å². The Labute approximate surface area is 237 Å². The quantitative estimate of drug-likeness (QED) is 0.237. The van der Waals surface area contributed by atoms with E-state index in [0.29, 0.717) is 38.9 Å². The first-order chi connectivity index (χ1) is 19.4. The zero-order valence-corrected chi connectivity index (χ0v) is 23.4. The van der Waals surface area contributed by atoms with E-state index in [1.165, 1.54) is 0 Å². The summed E-state index contributed by atoms with van der Waals surface area (Å²) in [6, 6.07) is 11.0. The Bertz CT molecular complexity index is 1110. The molecule has 2 aromatic carbocycles. The molecule has 226 valence electrons. The Morgan fingerprint density at radius 1 is 0.976 bits per heavy atom. The number of halogens is 6. The van der Waals surface area contributed by atoms with Crippen LogP contribution in [0.4, 0.5) is 26.3 Å². The van der Waals surface area contributed by atoms with Crippen LogP contribution in [-0.4, -0.2) is 75.2 Å². The number of alkyl halides is 6. The van der Waals surface area contributed by atoms with Gasteiger partial charge in [0.2, 0.25) is 0 Å². The Kier molecular flexibility index (Phi) is 12.1. The summed E-state index contributed by atoms with van der Waals surface area (Å²) in [6.45, 7) is 7.36. The first-order valence-corrected chi connectivity index (χ1v) is 13.4. The number of benzene rings is 2. The highest BCUT2D eigenvalue weighted by molar-refractivity contribution is 5.33. The lowest BCUT2D eigenvalue weighted by molar-refractivity contribution is -0.208. The summed E-state index contributed by atoms with van der Waals surface area (Å²) < 4.78 is 96.5. The van der Waals surface area contributed by atoms with E-state index in [4.69, 9.17) is 14.2 Å². The van der Waals surface area contributed by atoms with Crippen LogP contribution in [0.2, 0.25) is 0 Å². The lowest BCUT2D eigenvalue weighted by Gasteiger charge is -2.40. The van der Waals surface area contributed by atoms with Gasteiger partial charge in [0.05, 0.1) is 50.1 Å². The Morgan fingerprint density at radius 3 is 2.22 bits per heavy atom. The van der Waals surface area contributed by atoms with E-state index >= 15 is 0 Å². The molecule has 2 atom stereocenters. The zero-order valence-electron chi connectivity index (χ0n) is 23.4. The molecule has 1 heterocycles. The predicted octanol–water partition coefficient (Wildman–Crippen LogP) is 6.04. The van der Waals surface area contributed by atoms with Gasteiger partial charge in [0.25, 0.3) is 0 Å². The molecule has 5 nitrogen and oxygen atoms in total. The van der Waals surface area contributed by atoms with Crippen molar-refractivity contribution in [1.82, 2.24) is 9.80 Å². The number of ether oxygens (including phenoxy) is 3. The fraction of sp³-hybridized carbons (Fsp3) is 0.533. The van der Waals surface area contributed by atoms with Gasteiger partial charge in [-0.2, -0.15) is 26.3 Å². The van der Waals surface area contributed by atoms with Crippen LogP contribution in [0.3, 0.4) is 0 Å². The molecule has 0 radical (unpaired) electrons. The summed E-state index contributed by atoms with van der Waals surface area (Å²) >= 11 is 0. The largest absolute Gasteiger partial charge is 0.416 e. The van der Waals surface area contributed by atoms with Gasteiger partial charge in [-0.3, -0.25) is 9.80 Å². The Balaban J connectivity index is 1.72. The SMILES string of the molecule is COCCN(CC#CCN1CCOC(OCCc2cc(C(F)(F)F)cc(C(F)(F)F)c2)C1c1ccccc1)C(C)C. The lowest BCUT2D eigenvalue weighted by Crippen LogP contribution is -2.46. The molecule has 1 saturated heterocycles. The third kappa shape index (κ3) is 10.0. The molecule has 0 N–H and O–H groups in total. The summed E-state index contributed by atoms with van der Waals surface area (Å²) in [7, 11) is 1.66. The molecule has 0 aliphatic carbocycles. The fourth-order valence-electron chi connectivity index (χ4n) is 4.52. The standard InChI is InChI=1S/C30H36F6N2O3/c1-22(2)37(14-17-39-3)12-7-8-13-38-15-18-41-28(27(38)24-9-5-4-6-10-24)40-16-11-23-19-25(29(31,32)33)21-26(20-23)30(34,35)36/h4-6,9-10,19-22,27-28H,11-18H2,1-3H3. The highest BCUT2D eigenvalue weighted by Gasteiger charge is 2.37. The summed E-state index contributed by atoms with van der Waals surface area (Å²) in [6.07, 6.45) is -10.7. The molecule has 3 rings (SSSR count). The minimum Gasteiger partial charge on any atom is -0.383 e. The highest BCUT2D eigenvalue weighted by atomic mass is 19.4. The van der Waals surface area contributed by atoms with Crippen molar-refractivity contribution in [2.45, 2.75) is 51.0 Å². The number of methoxy groups -OCH3 is 1. The average molecular weight is 587 g/mol. The lowest BCUT2D eigenvalue weighted by atomic mass is 10.0. The van der Waals surface area contributed by atoms with Crippen LogP contribution in [0.15, 0.2) is 48.5 Å². The van der Waals surface area contributed by atoms with Gasteiger partial charge in [-0.15, -0.1) is 0 Å². The average Bonchev–Trinajstić information content (AvgIpc) is 2.92. The van der Waals surface area contributed by atoms with Gasteiger partial charge in [-0.25, -0.2) is 0 Å². The number of rotatable bonds is 11. The van der Waals surface area contributed by atoms with Gasteiger partial charge < -0.3 is 14.2 Å². The molecule has 41 heavy (non-hydrogen) atoms. The molecule has 1 aliphatic rings. The number of morpholine rings is 1. The van der Waals surface area contributed by atoms with Crippen molar-refractivity contribution in [3.8, 4) is 11.8 Å². The zero-order chi connectivity index (χ0) is 30.0. The van der Waals surface area contributed by atoms with Gasteiger partial charge in [0.15, 0.2) is 6.29 Å². The van der Waals surface area contributed by atoms with Gasteiger partial charge >= 0.3 is 12.4 Å². The van der Waals surface area contributed by atoms with Crippen molar-refractivity contribution in [3.63, 3.8) is 0 Å². The normalized spacial score (nSPS) is 18.5. The van der Waals surface area contributed by atoms with Crippen LogP contribution in [-0.2, 0) is 33.0 Å². The first-order valence-electron chi connectivity index (χ1n) is 13.4. The first kappa shape index (κ1) is 32.9. The second kappa shape index (κ2) is 15.0. The molecule has 0 spiro atoms. The Hall–Kier alpha value is -2.62. The maximum atomic E-state index is 13.3. The van der Waals surface area contributed by atoms with E-state index in [0.717, 1.165) is 24.2 Å². The fourth-order valence-corrected chi connectivity index (χ4v) is 4.52. The second-order valence-electron chi connectivity index (χ2n) is 10.0. The molecule has 1 fully saturated rings. The van der Waals surface area contributed by atoms with Crippen LogP contribution in [0.5, 0.6) is 0 Å². The van der Waals surface area contributed by atoms with Gasteiger partial charge in [-0.05, 0) is 49.6 Å². The minimum atomic E-state index is -4.90. The molecule has 1 aliphatic heterocycles. The van der Waals surface area contributed by atoms with E-state index in [1.807, 2.05) is 30.3 Å². The van der Waals surface area contributed by atoms with Gasteiger partial charge in [0.1, 0.15) is 0 Å². The van der Waals surface area contributed by atoms with E-state index in [9.17, 15) is 26.3 Å². The molecule has 2 aromatic rings. The smallest absolute Gasteiger partial charge is 0.383 e. The molecular weight excluding hydrogens is 550 g/mol. The van der Waals surface area contributed by atoms with Crippen LogP contribution in [0.1, 0.15) is 42.1 Å². The molecule has 0 saturated carbocycles. The van der Waals surface area contributed by atoms with E-state index < -0.39 is 29.8 Å². The third-order valence-electron chi connectivity index (χ3n) is 6.78. The summed E-state index contributed by atoms with van der Waals surface area (Å²) in [5.74, 6) is 6.45. The molecule has 0 bridgehead atoms. The summed E-state index contributed by atoms with van der Waals surface area (Å²) in [4.78, 5) is 4.31. The molecular formula is C30H36F6N2O3. The van der Waals surface area contributed by atoms with Crippen molar-refractivity contribution in [2.24, 2.45) is 0 Å². The van der Waals surface area contributed by atoms with Crippen molar-refractivity contribution in [3.05, 3.63) is 70.8 Å². The Morgan fingerprint density at radius 2 is 1.63 bits per heavy atom. The molecule has 2 unspecified atom stereocenters. The number of nitrogens with zero attached hydrogens (tertiary/aromatic N) is 2. The van der Waals surface area contributed by atoms with Crippen molar-refractivity contribution < 1.29 is 40.6 Å². The van der Waals surface area contributed by atoms with Crippen LogP contribution >= 0.6 is 0 Å². The second-order valence-corrected chi connectivity index (χ2v) is 10.0. The van der Waals surface area contributed by atoms with E-state index in [1.54, 1.807) is 7.11 Å². The third-order valence-corrected chi connectivity index (χ3v) is 6.78. The van der Waals surface area contributed by atoms with Crippen molar-refractivity contribution >= 4 is 0 Å². The monoisotopic (exact) mass is 586 g/mol. The number of hydrogen-bond donors (Lipinski definition) is 0. The van der Waals surface area contributed by atoms with Gasteiger partial charge in [-0.1, -0.05) is 42.2 Å². The van der Waals surface area contributed by atoms with E-state index in [-0.39, 0.29) is 30.7 Å². The number of hydrogen-bond acceptors (Lipinski definition) is 5. The maximum Gasteiger partial charge on any atom is 0.416 e. The van der Waals surface area contributed by atoms with Gasteiger partial charge in [0, 0.05) is 26.2 Å². The molecule has 0 aromatic heterocycles. The maximum absolute atomic E-state index is 13.3. The molecule has 0 amide bonds. The summed E-state index contributed by atoms with van der Waals surface area (Å²) in [5, 5.41) is 0. The highest BCUT2D eigenvalue weighted by Crippen LogP contribution is 2.36. The predicted molar refractivity (Wildman–Crippen MR) is 143 cm³/mol.